The van der Waals surface area contributed by atoms with Crippen LogP contribution in [0.4, 0.5) is 5.69 Å². The molecule has 0 heterocycles. The molecule has 3 rings (SSSR count). The van der Waals surface area contributed by atoms with Crippen LogP contribution in [-0.4, -0.2) is 36.0 Å². The minimum Gasteiger partial charge on any atom is -0.508 e. The lowest BCUT2D eigenvalue weighted by Crippen LogP contribution is -2.33. The second-order valence-electron chi connectivity index (χ2n) is 7.55. The first-order chi connectivity index (χ1) is 12.9. The van der Waals surface area contributed by atoms with E-state index in [1.165, 1.54) is 11.3 Å². The van der Waals surface area contributed by atoms with Gasteiger partial charge in [0, 0.05) is 32.0 Å². The van der Waals surface area contributed by atoms with Gasteiger partial charge in [0.05, 0.1) is 5.60 Å². The maximum absolute atomic E-state index is 11.2. The Balaban J connectivity index is 0.000000817. The molecular weight excluding hydrogens is 338 g/mol. The summed E-state index contributed by atoms with van der Waals surface area (Å²) in [5.74, 6) is 0.624. The lowest BCUT2D eigenvalue weighted by Gasteiger charge is -2.38. The van der Waals surface area contributed by atoms with Crippen molar-refractivity contribution in [1.82, 2.24) is 0 Å². The molecule has 0 saturated heterocycles. The fourth-order valence-corrected chi connectivity index (χ4v) is 4.08. The van der Waals surface area contributed by atoms with Gasteiger partial charge in [0.15, 0.2) is 0 Å². The SMILES string of the molecule is CCO.CN(C)c1ccccc1CC1CCCC(O)(c2ccccc2O)C1. The number of benzene rings is 2. The van der Waals surface area contributed by atoms with Crippen LogP contribution in [0, 0.1) is 5.92 Å². The maximum atomic E-state index is 11.2. The second-order valence-corrected chi connectivity index (χ2v) is 7.55. The van der Waals surface area contributed by atoms with E-state index < -0.39 is 5.60 Å². The van der Waals surface area contributed by atoms with Gasteiger partial charge in [-0.25, -0.2) is 0 Å². The molecule has 0 radical (unpaired) electrons. The highest BCUT2D eigenvalue weighted by atomic mass is 16.3. The van der Waals surface area contributed by atoms with Crippen molar-refractivity contribution in [3.63, 3.8) is 0 Å². The van der Waals surface area contributed by atoms with E-state index in [-0.39, 0.29) is 12.4 Å². The van der Waals surface area contributed by atoms with Crippen molar-refractivity contribution >= 4 is 5.69 Å². The molecule has 0 bridgehead atoms. The molecular formula is C23H33NO3. The Bertz CT molecular complexity index is 716. The number of aliphatic hydroxyl groups is 2. The van der Waals surface area contributed by atoms with Crippen LogP contribution in [0.3, 0.4) is 0 Å². The van der Waals surface area contributed by atoms with Crippen molar-refractivity contribution in [2.45, 2.75) is 44.6 Å². The Hall–Kier alpha value is -2.04. The third kappa shape index (κ3) is 5.47. The van der Waals surface area contributed by atoms with Crippen LogP contribution < -0.4 is 4.90 Å². The van der Waals surface area contributed by atoms with E-state index >= 15 is 0 Å². The van der Waals surface area contributed by atoms with Crippen LogP contribution in [0.1, 0.15) is 43.7 Å². The van der Waals surface area contributed by atoms with Gasteiger partial charge in [-0.2, -0.15) is 0 Å². The molecule has 1 aliphatic rings. The van der Waals surface area contributed by atoms with Crippen LogP contribution in [0.2, 0.25) is 0 Å². The van der Waals surface area contributed by atoms with Gasteiger partial charge >= 0.3 is 0 Å². The maximum Gasteiger partial charge on any atom is 0.121 e. The molecule has 2 aromatic carbocycles. The molecule has 27 heavy (non-hydrogen) atoms. The van der Waals surface area contributed by atoms with E-state index in [4.69, 9.17) is 5.11 Å². The summed E-state index contributed by atoms with van der Waals surface area (Å²) < 4.78 is 0. The molecule has 2 unspecified atom stereocenters. The van der Waals surface area contributed by atoms with E-state index in [0.29, 0.717) is 17.9 Å². The zero-order valence-corrected chi connectivity index (χ0v) is 16.7. The smallest absolute Gasteiger partial charge is 0.121 e. The molecule has 0 spiro atoms. The van der Waals surface area contributed by atoms with Crippen molar-refractivity contribution in [2.75, 3.05) is 25.6 Å². The summed E-state index contributed by atoms with van der Waals surface area (Å²) >= 11 is 0. The summed E-state index contributed by atoms with van der Waals surface area (Å²) in [4.78, 5) is 2.15. The first-order valence-electron chi connectivity index (χ1n) is 9.78. The monoisotopic (exact) mass is 371 g/mol. The number of aliphatic hydroxyl groups excluding tert-OH is 1. The van der Waals surface area contributed by atoms with Crippen LogP contribution in [-0.2, 0) is 12.0 Å². The van der Waals surface area contributed by atoms with Crippen molar-refractivity contribution in [2.24, 2.45) is 5.92 Å². The molecule has 2 aromatic rings. The summed E-state index contributed by atoms with van der Waals surface area (Å²) in [5, 5.41) is 28.9. The highest BCUT2D eigenvalue weighted by Gasteiger charge is 2.37. The van der Waals surface area contributed by atoms with Gasteiger partial charge < -0.3 is 20.2 Å². The van der Waals surface area contributed by atoms with Crippen molar-refractivity contribution < 1.29 is 15.3 Å². The first kappa shape index (κ1) is 21.3. The number of rotatable bonds is 4. The van der Waals surface area contributed by atoms with E-state index in [1.54, 1.807) is 19.1 Å². The molecule has 1 aliphatic carbocycles. The number of hydrogen-bond acceptors (Lipinski definition) is 4. The molecule has 0 amide bonds. The summed E-state index contributed by atoms with van der Waals surface area (Å²) in [6, 6.07) is 15.7. The quantitative estimate of drug-likeness (QED) is 0.758. The minimum absolute atomic E-state index is 0.203. The molecule has 4 heteroatoms. The molecule has 2 atom stereocenters. The predicted octanol–water partition coefficient (Wildman–Crippen LogP) is 4.08. The summed E-state index contributed by atoms with van der Waals surface area (Å²) in [6.45, 7) is 1.93. The van der Waals surface area contributed by atoms with E-state index in [9.17, 15) is 10.2 Å². The van der Waals surface area contributed by atoms with Crippen LogP contribution in [0.25, 0.3) is 0 Å². The summed E-state index contributed by atoms with van der Waals surface area (Å²) in [6.07, 6.45) is 4.49. The third-order valence-corrected chi connectivity index (χ3v) is 5.22. The van der Waals surface area contributed by atoms with Crippen molar-refractivity contribution in [3.05, 3.63) is 59.7 Å². The largest absolute Gasteiger partial charge is 0.508 e. The molecule has 3 N–H and O–H groups in total. The molecule has 1 saturated carbocycles. The summed E-state index contributed by atoms with van der Waals surface area (Å²) in [5.41, 5.74) is 2.33. The van der Waals surface area contributed by atoms with Crippen molar-refractivity contribution in [3.8, 4) is 5.75 Å². The molecule has 4 nitrogen and oxygen atoms in total. The Morgan fingerprint density at radius 1 is 1.07 bits per heavy atom. The Kier molecular flexibility index (Phi) is 7.69. The van der Waals surface area contributed by atoms with E-state index in [0.717, 1.165) is 25.7 Å². The second kappa shape index (κ2) is 9.77. The lowest BCUT2D eigenvalue weighted by atomic mass is 9.72. The lowest BCUT2D eigenvalue weighted by molar-refractivity contribution is -0.0226. The fourth-order valence-electron chi connectivity index (χ4n) is 4.08. The van der Waals surface area contributed by atoms with Gasteiger partial charge in [-0.05, 0) is 62.6 Å². The average molecular weight is 372 g/mol. The zero-order valence-electron chi connectivity index (χ0n) is 16.7. The highest BCUT2D eigenvalue weighted by molar-refractivity contribution is 5.52. The first-order valence-corrected chi connectivity index (χ1v) is 9.78. The van der Waals surface area contributed by atoms with Crippen LogP contribution >= 0.6 is 0 Å². The van der Waals surface area contributed by atoms with Gasteiger partial charge in [0.1, 0.15) is 5.75 Å². The standard InChI is InChI=1S/C21H27NO2.C2H6O/c1-22(2)19-11-5-3-9-17(19)14-16-8-7-13-21(24,15-16)18-10-4-6-12-20(18)23;1-2-3/h3-6,9-12,16,23-24H,7-8,13-15H2,1-2H3;3H,2H2,1H3. The highest BCUT2D eigenvalue weighted by Crippen LogP contribution is 2.44. The zero-order chi connectivity index (χ0) is 19.9. The van der Waals surface area contributed by atoms with Gasteiger partial charge in [-0.1, -0.05) is 36.4 Å². The van der Waals surface area contributed by atoms with Gasteiger partial charge in [0.2, 0.25) is 0 Å². The third-order valence-electron chi connectivity index (χ3n) is 5.22. The number of nitrogens with zero attached hydrogens (tertiary/aromatic N) is 1. The Morgan fingerprint density at radius 2 is 1.70 bits per heavy atom. The van der Waals surface area contributed by atoms with Gasteiger partial charge in [0.25, 0.3) is 0 Å². The molecule has 148 valence electrons. The van der Waals surface area contributed by atoms with E-state index in [2.05, 4.69) is 43.3 Å². The van der Waals surface area contributed by atoms with Crippen molar-refractivity contribution in [1.29, 1.82) is 0 Å². The minimum atomic E-state index is -0.915. The number of phenols is 1. The number of hydrogen-bond donors (Lipinski definition) is 3. The fraction of sp³-hybridized carbons (Fsp3) is 0.478. The number of phenolic OH excluding ortho intramolecular Hbond substituents is 1. The van der Waals surface area contributed by atoms with Gasteiger partial charge in [-0.15, -0.1) is 0 Å². The number of anilines is 1. The number of aromatic hydroxyl groups is 1. The molecule has 0 aromatic heterocycles. The van der Waals surface area contributed by atoms with E-state index in [1.807, 2.05) is 12.1 Å². The molecule has 0 aliphatic heterocycles. The predicted molar refractivity (Wildman–Crippen MR) is 111 cm³/mol. The summed E-state index contributed by atoms with van der Waals surface area (Å²) in [7, 11) is 4.14. The number of para-hydroxylation sites is 2. The van der Waals surface area contributed by atoms with Crippen LogP contribution in [0.5, 0.6) is 5.75 Å². The molecule has 1 fully saturated rings. The van der Waals surface area contributed by atoms with Crippen LogP contribution in [0.15, 0.2) is 48.5 Å². The average Bonchev–Trinajstić information content (AvgIpc) is 2.63. The Labute approximate surface area is 163 Å². The Morgan fingerprint density at radius 3 is 2.37 bits per heavy atom. The van der Waals surface area contributed by atoms with Gasteiger partial charge in [-0.3, -0.25) is 0 Å². The topological polar surface area (TPSA) is 63.9 Å². The normalized spacial score (nSPS) is 21.9.